The van der Waals surface area contributed by atoms with Gasteiger partial charge in [0, 0.05) is 6.04 Å². The van der Waals surface area contributed by atoms with Crippen LogP contribution in [0.3, 0.4) is 0 Å². The fourth-order valence-electron chi connectivity index (χ4n) is 1.18. The summed E-state index contributed by atoms with van der Waals surface area (Å²) < 4.78 is 0. The first-order valence-electron chi connectivity index (χ1n) is 5.28. The number of nitrogens with one attached hydrogen (secondary N) is 2. The molecule has 0 aliphatic carbocycles. The van der Waals surface area contributed by atoms with Crippen molar-refractivity contribution in [2.45, 2.75) is 39.7 Å². The summed E-state index contributed by atoms with van der Waals surface area (Å²) in [7, 11) is 0. The minimum atomic E-state index is 0.590. The first-order valence-corrected chi connectivity index (χ1v) is 5.28. The van der Waals surface area contributed by atoms with Gasteiger partial charge in [-0.15, -0.1) is 0 Å². The average Bonchev–Trinajstić information content (AvgIpc) is 2.64. The molecule has 0 bridgehead atoms. The third-order valence-corrected chi connectivity index (χ3v) is 2.54. The topological polar surface area (TPSA) is 53.6 Å². The lowest BCUT2D eigenvalue weighted by Crippen LogP contribution is -2.31. The van der Waals surface area contributed by atoms with Crippen LogP contribution in [0.1, 0.15) is 32.9 Å². The van der Waals surface area contributed by atoms with Crippen LogP contribution in [0.15, 0.2) is 6.20 Å². The maximum absolute atomic E-state index is 4.00. The van der Waals surface area contributed by atoms with Crippen molar-refractivity contribution in [3.8, 4) is 0 Å². The van der Waals surface area contributed by atoms with E-state index in [1.54, 1.807) is 6.20 Å². The predicted molar refractivity (Wildman–Crippen MR) is 57.0 cm³/mol. The lowest BCUT2D eigenvalue weighted by atomic mass is 10.1. The van der Waals surface area contributed by atoms with E-state index in [2.05, 4.69) is 41.5 Å². The van der Waals surface area contributed by atoms with Crippen molar-refractivity contribution in [2.75, 3.05) is 6.54 Å². The Bertz CT molecular complexity index is 230. The zero-order valence-electron chi connectivity index (χ0n) is 9.25. The fraction of sp³-hybridized carbons (Fsp3) is 0.800. The van der Waals surface area contributed by atoms with Crippen LogP contribution in [0, 0.1) is 5.92 Å². The highest BCUT2D eigenvalue weighted by molar-refractivity contribution is 4.90. The highest BCUT2D eigenvalue weighted by Crippen LogP contribution is 2.00. The maximum atomic E-state index is 4.00. The summed E-state index contributed by atoms with van der Waals surface area (Å²) in [6, 6.07) is 0.590. The van der Waals surface area contributed by atoms with Crippen LogP contribution in [0.2, 0.25) is 0 Å². The molecule has 0 saturated carbocycles. The number of aryl methyl sites for hydroxylation is 1. The number of hydrogen-bond acceptors (Lipinski definition) is 3. The third-order valence-electron chi connectivity index (χ3n) is 2.54. The molecule has 80 valence electrons. The van der Waals surface area contributed by atoms with Gasteiger partial charge in [-0.2, -0.15) is 15.4 Å². The molecule has 0 radical (unpaired) electrons. The monoisotopic (exact) mass is 196 g/mol. The van der Waals surface area contributed by atoms with Crippen LogP contribution in [0.4, 0.5) is 0 Å². The molecule has 2 N–H and O–H groups in total. The Labute approximate surface area is 85.5 Å². The second-order valence-electron chi connectivity index (χ2n) is 4.05. The van der Waals surface area contributed by atoms with E-state index in [1.807, 2.05) is 0 Å². The first-order chi connectivity index (χ1) is 6.70. The highest BCUT2D eigenvalue weighted by Gasteiger charge is 2.04. The van der Waals surface area contributed by atoms with E-state index in [0.717, 1.165) is 25.1 Å². The molecule has 0 aliphatic heterocycles. The van der Waals surface area contributed by atoms with E-state index in [0.29, 0.717) is 12.0 Å². The quantitative estimate of drug-likeness (QED) is 0.676. The average molecular weight is 196 g/mol. The number of hydrogen-bond donors (Lipinski definition) is 2. The molecule has 0 fully saturated rings. The zero-order chi connectivity index (χ0) is 10.4. The molecule has 0 spiro atoms. The minimum absolute atomic E-state index is 0.590. The van der Waals surface area contributed by atoms with E-state index < -0.39 is 0 Å². The molecule has 0 aromatic carbocycles. The van der Waals surface area contributed by atoms with Gasteiger partial charge in [0.15, 0.2) is 0 Å². The van der Waals surface area contributed by atoms with Gasteiger partial charge >= 0.3 is 0 Å². The molecule has 1 aromatic rings. The van der Waals surface area contributed by atoms with Gasteiger partial charge in [0.05, 0.1) is 11.9 Å². The van der Waals surface area contributed by atoms with Crippen LogP contribution in [0.25, 0.3) is 0 Å². The molecule has 1 aromatic heterocycles. The van der Waals surface area contributed by atoms with Crippen LogP contribution in [-0.4, -0.2) is 28.0 Å². The Balaban J connectivity index is 2.05. The first kappa shape index (κ1) is 11.2. The summed E-state index contributed by atoms with van der Waals surface area (Å²) >= 11 is 0. The molecule has 4 heteroatoms. The SMILES string of the molecule is CC(C)C(C)NCCCc1cn[nH]n1. The second kappa shape index (κ2) is 5.75. The number of H-pyrrole nitrogens is 1. The fourth-order valence-corrected chi connectivity index (χ4v) is 1.18. The molecule has 14 heavy (non-hydrogen) atoms. The normalized spacial score (nSPS) is 13.4. The standard InChI is InChI=1S/C10H20N4/c1-8(2)9(3)11-6-4-5-10-7-12-14-13-10/h7-9,11H,4-6H2,1-3H3,(H,12,13,14). The Hall–Kier alpha value is -0.900. The summed E-state index contributed by atoms with van der Waals surface area (Å²) in [6.07, 6.45) is 3.89. The molecular weight excluding hydrogens is 176 g/mol. The summed E-state index contributed by atoms with van der Waals surface area (Å²) in [5, 5.41) is 13.9. The Morgan fingerprint density at radius 1 is 1.43 bits per heavy atom. The largest absolute Gasteiger partial charge is 0.314 e. The Morgan fingerprint density at radius 2 is 2.21 bits per heavy atom. The third kappa shape index (κ3) is 3.87. The van der Waals surface area contributed by atoms with Crippen molar-refractivity contribution in [1.29, 1.82) is 0 Å². The van der Waals surface area contributed by atoms with E-state index in [-0.39, 0.29) is 0 Å². The summed E-state index contributed by atoms with van der Waals surface area (Å²) in [5.41, 5.74) is 1.05. The van der Waals surface area contributed by atoms with Crippen molar-refractivity contribution < 1.29 is 0 Å². The van der Waals surface area contributed by atoms with Gasteiger partial charge < -0.3 is 5.32 Å². The number of aromatic amines is 1. The molecule has 1 atom stereocenters. The molecule has 1 rings (SSSR count). The van der Waals surface area contributed by atoms with Gasteiger partial charge in [0.25, 0.3) is 0 Å². The van der Waals surface area contributed by atoms with Crippen LogP contribution in [0.5, 0.6) is 0 Å². The van der Waals surface area contributed by atoms with Crippen molar-refractivity contribution in [3.05, 3.63) is 11.9 Å². The highest BCUT2D eigenvalue weighted by atomic mass is 15.3. The summed E-state index contributed by atoms with van der Waals surface area (Å²) in [4.78, 5) is 0. The molecule has 0 aliphatic rings. The van der Waals surface area contributed by atoms with Crippen LogP contribution < -0.4 is 5.32 Å². The minimum Gasteiger partial charge on any atom is -0.314 e. The molecule has 0 saturated heterocycles. The number of nitrogens with zero attached hydrogens (tertiary/aromatic N) is 2. The summed E-state index contributed by atoms with van der Waals surface area (Å²) in [6.45, 7) is 7.73. The van der Waals surface area contributed by atoms with E-state index in [4.69, 9.17) is 0 Å². The number of rotatable bonds is 6. The second-order valence-corrected chi connectivity index (χ2v) is 4.05. The Kier molecular flexibility index (Phi) is 4.59. The lowest BCUT2D eigenvalue weighted by Gasteiger charge is -2.16. The lowest BCUT2D eigenvalue weighted by molar-refractivity contribution is 0.424. The van der Waals surface area contributed by atoms with Gasteiger partial charge in [0.1, 0.15) is 0 Å². The zero-order valence-corrected chi connectivity index (χ0v) is 9.25. The van der Waals surface area contributed by atoms with Crippen molar-refractivity contribution in [2.24, 2.45) is 5.92 Å². The van der Waals surface area contributed by atoms with Crippen LogP contribution in [-0.2, 0) is 6.42 Å². The smallest absolute Gasteiger partial charge is 0.0825 e. The van der Waals surface area contributed by atoms with Crippen molar-refractivity contribution >= 4 is 0 Å². The van der Waals surface area contributed by atoms with Gasteiger partial charge in [-0.25, -0.2) is 0 Å². The van der Waals surface area contributed by atoms with E-state index in [1.165, 1.54) is 0 Å². The maximum Gasteiger partial charge on any atom is 0.0825 e. The molecular formula is C10H20N4. The van der Waals surface area contributed by atoms with Gasteiger partial charge in [0.2, 0.25) is 0 Å². The van der Waals surface area contributed by atoms with Gasteiger partial charge in [-0.1, -0.05) is 13.8 Å². The predicted octanol–water partition coefficient (Wildman–Crippen LogP) is 1.37. The van der Waals surface area contributed by atoms with Gasteiger partial charge in [-0.05, 0) is 32.2 Å². The van der Waals surface area contributed by atoms with Crippen molar-refractivity contribution in [3.63, 3.8) is 0 Å². The molecule has 4 nitrogen and oxygen atoms in total. The Morgan fingerprint density at radius 3 is 2.79 bits per heavy atom. The molecule has 0 amide bonds. The molecule has 1 unspecified atom stereocenters. The summed E-state index contributed by atoms with van der Waals surface area (Å²) in [5.74, 6) is 0.696. The molecule has 1 heterocycles. The van der Waals surface area contributed by atoms with Gasteiger partial charge in [-0.3, -0.25) is 0 Å². The van der Waals surface area contributed by atoms with E-state index in [9.17, 15) is 0 Å². The van der Waals surface area contributed by atoms with E-state index >= 15 is 0 Å². The van der Waals surface area contributed by atoms with Crippen LogP contribution >= 0.6 is 0 Å². The van der Waals surface area contributed by atoms with Crippen molar-refractivity contribution in [1.82, 2.24) is 20.7 Å². The number of aromatic nitrogens is 3.